The number of nitrogens with zero attached hydrogens (tertiary/aromatic N) is 2. The van der Waals surface area contributed by atoms with Crippen LogP contribution in [0.4, 0.5) is 5.82 Å². The van der Waals surface area contributed by atoms with Crippen LogP contribution < -0.4 is 16.4 Å². The average molecular weight is 577 g/mol. The lowest BCUT2D eigenvalue weighted by Gasteiger charge is -2.39. The molecule has 2 heterocycles. The van der Waals surface area contributed by atoms with Gasteiger partial charge in [-0.05, 0) is 61.6 Å². The first kappa shape index (κ1) is 31.2. The third-order valence-electron chi connectivity index (χ3n) is 8.79. The highest BCUT2D eigenvalue weighted by Crippen LogP contribution is 2.54. The summed E-state index contributed by atoms with van der Waals surface area (Å²) in [5.41, 5.74) is 8.02. The fraction of sp³-hybridized carbons (Fsp3) is 0.567. The lowest BCUT2D eigenvalue weighted by Crippen LogP contribution is -2.59. The Bertz CT molecular complexity index is 1110. The van der Waals surface area contributed by atoms with E-state index in [9.17, 15) is 9.59 Å². The Hall–Kier alpha value is -2.35. The van der Waals surface area contributed by atoms with E-state index in [2.05, 4.69) is 27.8 Å². The zero-order valence-electron chi connectivity index (χ0n) is 22.9. The molecule has 1 aromatic carbocycles. The van der Waals surface area contributed by atoms with Crippen molar-refractivity contribution in [3.8, 4) is 0 Å². The molecule has 0 spiro atoms. The van der Waals surface area contributed by atoms with Crippen molar-refractivity contribution in [2.24, 2.45) is 11.8 Å². The SMILES string of the molecule is Cc1nc(N)ccc1CNC(=O)[C@]12C[C@H]1CCCN2C(=O)[C@@H](CC1CCCCC1)NCc1ccccc1.Cl.Cl. The quantitative estimate of drug-likeness (QED) is 0.393. The highest BCUT2D eigenvalue weighted by Gasteiger charge is 2.66. The summed E-state index contributed by atoms with van der Waals surface area (Å²) >= 11 is 0. The van der Waals surface area contributed by atoms with Gasteiger partial charge in [-0.3, -0.25) is 9.59 Å². The van der Waals surface area contributed by atoms with Crippen LogP contribution in [0.2, 0.25) is 0 Å². The molecular formula is C30H43Cl2N5O2. The second kappa shape index (κ2) is 13.8. The van der Waals surface area contributed by atoms with Crippen molar-refractivity contribution in [1.82, 2.24) is 20.5 Å². The van der Waals surface area contributed by atoms with Gasteiger partial charge in [0.05, 0.1) is 6.04 Å². The lowest BCUT2D eigenvalue weighted by molar-refractivity contribution is -0.146. The number of nitrogen functional groups attached to an aromatic ring is 1. The number of halogens is 2. The molecule has 7 nitrogen and oxygen atoms in total. The molecule has 9 heteroatoms. The maximum atomic E-state index is 14.2. The first-order valence-electron chi connectivity index (χ1n) is 14.1. The van der Waals surface area contributed by atoms with E-state index in [1.807, 2.05) is 36.1 Å². The van der Waals surface area contributed by atoms with Crippen LogP contribution in [-0.2, 0) is 22.7 Å². The Morgan fingerprint density at radius 2 is 1.77 bits per heavy atom. The summed E-state index contributed by atoms with van der Waals surface area (Å²) in [7, 11) is 0. The molecule has 3 aliphatic rings. The Morgan fingerprint density at radius 1 is 1.03 bits per heavy atom. The molecule has 39 heavy (non-hydrogen) atoms. The molecule has 0 bridgehead atoms. The molecule has 3 fully saturated rings. The highest BCUT2D eigenvalue weighted by atomic mass is 35.5. The number of anilines is 1. The number of hydrogen-bond acceptors (Lipinski definition) is 5. The van der Waals surface area contributed by atoms with Crippen molar-refractivity contribution in [2.75, 3.05) is 12.3 Å². The van der Waals surface area contributed by atoms with Gasteiger partial charge in [0, 0.05) is 25.3 Å². The van der Waals surface area contributed by atoms with Crippen molar-refractivity contribution >= 4 is 42.4 Å². The van der Waals surface area contributed by atoms with E-state index in [0.29, 0.717) is 31.4 Å². The Morgan fingerprint density at radius 3 is 2.49 bits per heavy atom. The molecule has 2 aromatic rings. The number of aromatic nitrogens is 1. The zero-order chi connectivity index (χ0) is 25.8. The predicted molar refractivity (Wildman–Crippen MR) is 160 cm³/mol. The van der Waals surface area contributed by atoms with Crippen molar-refractivity contribution in [3.05, 3.63) is 59.3 Å². The van der Waals surface area contributed by atoms with Crippen LogP contribution >= 0.6 is 24.8 Å². The van der Waals surface area contributed by atoms with Crippen molar-refractivity contribution in [2.45, 2.75) is 89.4 Å². The van der Waals surface area contributed by atoms with Gasteiger partial charge < -0.3 is 21.3 Å². The number of rotatable bonds is 9. The minimum Gasteiger partial charge on any atom is -0.384 e. The first-order valence-corrected chi connectivity index (χ1v) is 14.1. The molecule has 2 amide bonds. The molecule has 0 unspecified atom stereocenters. The van der Waals surface area contributed by atoms with Crippen molar-refractivity contribution in [1.29, 1.82) is 0 Å². The number of carbonyl (C=O) groups is 2. The number of amides is 2. The van der Waals surface area contributed by atoms with Crippen LogP contribution in [0.5, 0.6) is 0 Å². The number of fused-ring (bicyclic) bond motifs is 1. The predicted octanol–water partition coefficient (Wildman–Crippen LogP) is 4.94. The summed E-state index contributed by atoms with van der Waals surface area (Å²) in [5.74, 6) is 1.37. The number of carbonyl (C=O) groups excluding carboxylic acids is 2. The summed E-state index contributed by atoms with van der Waals surface area (Å²) in [5, 5.41) is 6.74. The lowest BCUT2D eigenvalue weighted by atomic mass is 9.84. The fourth-order valence-corrected chi connectivity index (χ4v) is 6.57. The normalized spacial score (nSPS) is 23.0. The van der Waals surface area contributed by atoms with Crippen LogP contribution in [0.25, 0.3) is 0 Å². The second-order valence-electron chi connectivity index (χ2n) is 11.3. The van der Waals surface area contributed by atoms with Gasteiger partial charge in [0.2, 0.25) is 11.8 Å². The van der Waals surface area contributed by atoms with Gasteiger partial charge in [-0.25, -0.2) is 4.98 Å². The minimum atomic E-state index is -0.705. The monoisotopic (exact) mass is 575 g/mol. The average Bonchev–Trinajstić information content (AvgIpc) is 3.67. The van der Waals surface area contributed by atoms with Crippen LogP contribution in [-0.4, -0.2) is 39.8 Å². The zero-order valence-corrected chi connectivity index (χ0v) is 24.5. The molecule has 2 aliphatic carbocycles. The van der Waals surface area contributed by atoms with Gasteiger partial charge in [-0.15, -0.1) is 24.8 Å². The van der Waals surface area contributed by atoms with Crippen molar-refractivity contribution in [3.63, 3.8) is 0 Å². The molecule has 1 aromatic heterocycles. The van der Waals surface area contributed by atoms with Gasteiger partial charge in [0.25, 0.3) is 0 Å². The molecule has 4 N–H and O–H groups in total. The van der Waals surface area contributed by atoms with E-state index in [4.69, 9.17) is 5.73 Å². The number of hydrogen-bond donors (Lipinski definition) is 3. The largest absolute Gasteiger partial charge is 0.384 e. The van der Waals surface area contributed by atoms with Gasteiger partial charge >= 0.3 is 0 Å². The molecule has 1 saturated heterocycles. The Balaban J connectivity index is 0.00000210. The summed E-state index contributed by atoms with van der Waals surface area (Å²) in [6, 6.07) is 13.7. The topological polar surface area (TPSA) is 100 Å². The molecule has 1 aliphatic heterocycles. The minimum absolute atomic E-state index is 0. The number of aryl methyl sites for hydroxylation is 1. The third-order valence-corrected chi connectivity index (χ3v) is 8.79. The highest BCUT2D eigenvalue weighted by molar-refractivity contribution is 5.96. The van der Waals surface area contributed by atoms with Gasteiger partial charge in [-0.1, -0.05) is 68.5 Å². The number of benzene rings is 1. The third kappa shape index (κ3) is 7.05. The van der Waals surface area contributed by atoms with E-state index in [-0.39, 0.29) is 48.6 Å². The number of likely N-dealkylation sites (tertiary alicyclic amines) is 1. The second-order valence-corrected chi connectivity index (χ2v) is 11.3. The molecular weight excluding hydrogens is 533 g/mol. The maximum Gasteiger partial charge on any atom is 0.246 e. The molecule has 5 rings (SSSR count). The smallest absolute Gasteiger partial charge is 0.246 e. The standard InChI is InChI=1S/C30H41N5O2.2ClH/c1-21-24(14-15-27(31)34-21)20-33-29(37)30-18-25(30)13-8-16-35(30)28(36)26(17-22-9-4-2-5-10-22)32-19-23-11-6-3-7-12-23;;/h3,6-7,11-12,14-15,22,25-26,32H,2,4-5,8-10,13,16-20H2,1H3,(H2,31,34)(H,33,37);2*1H/t25-,26-,30+;;/m1../s1. The number of pyridine rings is 1. The summed E-state index contributed by atoms with van der Waals surface area (Å²) < 4.78 is 0. The Kier molecular flexibility index (Phi) is 11.1. The number of nitrogens with two attached hydrogens (primary N) is 1. The van der Waals surface area contributed by atoms with Crippen LogP contribution in [0.3, 0.4) is 0 Å². The van der Waals surface area contributed by atoms with E-state index in [1.165, 1.54) is 37.7 Å². The van der Waals surface area contributed by atoms with Gasteiger partial charge in [0.1, 0.15) is 11.4 Å². The van der Waals surface area contributed by atoms with Crippen molar-refractivity contribution < 1.29 is 9.59 Å². The molecule has 2 saturated carbocycles. The van der Waals surface area contributed by atoms with E-state index < -0.39 is 5.54 Å². The maximum absolute atomic E-state index is 14.2. The van der Waals surface area contributed by atoms with Gasteiger partial charge in [-0.2, -0.15) is 0 Å². The van der Waals surface area contributed by atoms with E-state index in [1.54, 1.807) is 6.07 Å². The molecule has 0 radical (unpaired) electrons. The Labute approximate surface area is 244 Å². The van der Waals surface area contributed by atoms with Crippen LogP contribution in [0.1, 0.15) is 74.6 Å². The summed E-state index contributed by atoms with van der Waals surface area (Å²) in [4.78, 5) is 34.1. The van der Waals surface area contributed by atoms with Crippen LogP contribution in [0, 0.1) is 18.8 Å². The molecule has 3 atom stereocenters. The summed E-state index contributed by atoms with van der Waals surface area (Å²) in [6.07, 6.45) is 9.77. The van der Waals surface area contributed by atoms with E-state index in [0.717, 1.165) is 36.9 Å². The number of piperidine rings is 1. The molecule has 214 valence electrons. The fourth-order valence-electron chi connectivity index (χ4n) is 6.57. The van der Waals surface area contributed by atoms with E-state index >= 15 is 0 Å². The first-order chi connectivity index (χ1) is 18.0. The van der Waals surface area contributed by atoms with Gasteiger partial charge in [0.15, 0.2) is 0 Å². The summed E-state index contributed by atoms with van der Waals surface area (Å²) in [6.45, 7) is 3.61. The number of nitrogens with one attached hydrogen (secondary N) is 2. The van der Waals surface area contributed by atoms with Crippen LogP contribution in [0.15, 0.2) is 42.5 Å².